The Hall–Kier alpha value is -1.02. The number of aryl methyl sites for hydroxylation is 1. The third-order valence-corrected chi connectivity index (χ3v) is 3.49. The summed E-state index contributed by atoms with van der Waals surface area (Å²) in [6.07, 6.45) is 1.12. The summed E-state index contributed by atoms with van der Waals surface area (Å²) < 4.78 is 5.54. The van der Waals surface area contributed by atoms with Crippen molar-refractivity contribution in [3.05, 3.63) is 29.3 Å². The standard InChI is InChI=1S/C16H27NO/c1-12-7-8-15(18-6)13(11-12)14(9-10-17-5)16(2,3)4/h7-8,11,14,17H,9-10H2,1-6H3. The topological polar surface area (TPSA) is 21.3 Å². The number of hydrogen-bond donors (Lipinski definition) is 1. The highest BCUT2D eigenvalue weighted by molar-refractivity contribution is 5.40. The molecule has 1 unspecified atom stereocenters. The molecule has 1 aromatic rings. The van der Waals surface area contributed by atoms with Crippen LogP contribution in [-0.4, -0.2) is 20.7 Å². The Balaban J connectivity index is 3.15. The van der Waals surface area contributed by atoms with Gasteiger partial charge in [-0.1, -0.05) is 38.5 Å². The lowest BCUT2D eigenvalue weighted by atomic mass is 9.74. The van der Waals surface area contributed by atoms with Crippen LogP contribution in [0.1, 0.15) is 44.2 Å². The minimum Gasteiger partial charge on any atom is -0.496 e. The number of methoxy groups -OCH3 is 1. The normalized spacial score (nSPS) is 13.4. The van der Waals surface area contributed by atoms with Crippen LogP contribution in [0.4, 0.5) is 0 Å². The molecule has 0 bridgehead atoms. The second-order valence-corrected chi connectivity index (χ2v) is 6.06. The zero-order valence-corrected chi connectivity index (χ0v) is 12.6. The van der Waals surface area contributed by atoms with Gasteiger partial charge in [0.25, 0.3) is 0 Å². The van der Waals surface area contributed by atoms with Crippen molar-refractivity contribution >= 4 is 0 Å². The Bertz CT molecular complexity index is 379. The molecule has 0 saturated heterocycles. The molecule has 2 heteroatoms. The average Bonchev–Trinajstić information content (AvgIpc) is 2.28. The SMILES string of the molecule is CNCCC(c1cc(C)ccc1OC)C(C)(C)C. The molecule has 0 aromatic heterocycles. The van der Waals surface area contributed by atoms with Crippen LogP contribution in [-0.2, 0) is 0 Å². The Kier molecular flexibility index (Phi) is 5.21. The van der Waals surface area contributed by atoms with Gasteiger partial charge in [0.05, 0.1) is 7.11 Å². The first-order valence-corrected chi connectivity index (χ1v) is 6.69. The second-order valence-electron chi connectivity index (χ2n) is 6.06. The van der Waals surface area contributed by atoms with Crippen molar-refractivity contribution in [1.82, 2.24) is 5.32 Å². The summed E-state index contributed by atoms with van der Waals surface area (Å²) in [5, 5.41) is 3.25. The highest BCUT2D eigenvalue weighted by Crippen LogP contribution is 2.41. The third-order valence-electron chi connectivity index (χ3n) is 3.49. The molecular weight excluding hydrogens is 222 g/mol. The maximum Gasteiger partial charge on any atom is 0.122 e. The summed E-state index contributed by atoms with van der Waals surface area (Å²) in [5.74, 6) is 1.51. The number of hydrogen-bond acceptors (Lipinski definition) is 2. The van der Waals surface area contributed by atoms with E-state index >= 15 is 0 Å². The maximum atomic E-state index is 5.54. The van der Waals surface area contributed by atoms with E-state index in [2.05, 4.69) is 51.2 Å². The van der Waals surface area contributed by atoms with E-state index in [1.54, 1.807) is 7.11 Å². The van der Waals surface area contributed by atoms with E-state index in [-0.39, 0.29) is 5.41 Å². The zero-order chi connectivity index (χ0) is 13.8. The molecule has 0 radical (unpaired) electrons. The van der Waals surface area contributed by atoms with Crippen LogP contribution in [0.3, 0.4) is 0 Å². The van der Waals surface area contributed by atoms with Gasteiger partial charge in [0, 0.05) is 0 Å². The van der Waals surface area contributed by atoms with Gasteiger partial charge in [-0.2, -0.15) is 0 Å². The molecule has 18 heavy (non-hydrogen) atoms. The van der Waals surface area contributed by atoms with Crippen LogP contribution in [0, 0.1) is 12.3 Å². The van der Waals surface area contributed by atoms with Gasteiger partial charge in [-0.15, -0.1) is 0 Å². The molecule has 1 N–H and O–H groups in total. The molecule has 0 spiro atoms. The van der Waals surface area contributed by atoms with Crippen molar-refractivity contribution in [2.45, 2.75) is 40.0 Å². The maximum absolute atomic E-state index is 5.54. The van der Waals surface area contributed by atoms with E-state index in [1.807, 2.05) is 7.05 Å². The van der Waals surface area contributed by atoms with Crippen LogP contribution in [0.2, 0.25) is 0 Å². The molecule has 0 aliphatic heterocycles. The fourth-order valence-corrected chi connectivity index (χ4v) is 2.47. The molecule has 0 fully saturated rings. The van der Waals surface area contributed by atoms with Crippen molar-refractivity contribution in [3.8, 4) is 5.75 Å². The van der Waals surface area contributed by atoms with Gasteiger partial charge in [-0.25, -0.2) is 0 Å². The third kappa shape index (κ3) is 3.74. The quantitative estimate of drug-likeness (QED) is 0.858. The molecule has 2 nitrogen and oxygen atoms in total. The van der Waals surface area contributed by atoms with E-state index in [0.29, 0.717) is 5.92 Å². The first kappa shape index (κ1) is 15.0. The van der Waals surface area contributed by atoms with Crippen LogP contribution in [0.5, 0.6) is 5.75 Å². The van der Waals surface area contributed by atoms with Gasteiger partial charge in [-0.3, -0.25) is 0 Å². The van der Waals surface area contributed by atoms with Crippen LogP contribution >= 0.6 is 0 Å². The predicted octanol–water partition coefficient (Wildman–Crippen LogP) is 3.74. The van der Waals surface area contributed by atoms with Gasteiger partial charge in [0.2, 0.25) is 0 Å². The van der Waals surface area contributed by atoms with Gasteiger partial charge >= 0.3 is 0 Å². The van der Waals surface area contributed by atoms with Crippen LogP contribution < -0.4 is 10.1 Å². The molecule has 1 aromatic carbocycles. The first-order valence-electron chi connectivity index (χ1n) is 6.69. The van der Waals surface area contributed by atoms with Crippen molar-refractivity contribution in [1.29, 1.82) is 0 Å². The Morgan fingerprint density at radius 3 is 2.44 bits per heavy atom. The van der Waals surface area contributed by atoms with E-state index < -0.39 is 0 Å². The van der Waals surface area contributed by atoms with Crippen molar-refractivity contribution in [2.24, 2.45) is 5.41 Å². The minimum atomic E-state index is 0.234. The predicted molar refractivity (Wildman–Crippen MR) is 78.5 cm³/mol. The molecule has 1 atom stereocenters. The minimum absolute atomic E-state index is 0.234. The Morgan fingerprint density at radius 1 is 1.28 bits per heavy atom. The van der Waals surface area contributed by atoms with Gasteiger partial charge in [0.1, 0.15) is 5.75 Å². The second kappa shape index (κ2) is 6.24. The largest absolute Gasteiger partial charge is 0.496 e. The lowest BCUT2D eigenvalue weighted by Crippen LogP contribution is -2.23. The first-order chi connectivity index (χ1) is 8.40. The monoisotopic (exact) mass is 249 g/mol. The smallest absolute Gasteiger partial charge is 0.122 e. The fraction of sp³-hybridized carbons (Fsp3) is 0.625. The summed E-state index contributed by atoms with van der Waals surface area (Å²) in [6, 6.07) is 6.47. The number of ether oxygens (including phenoxy) is 1. The van der Waals surface area contributed by atoms with E-state index in [0.717, 1.165) is 18.7 Å². The summed E-state index contributed by atoms with van der Waals surface area (Å²) in [7, 11) is 3.76. The fourth-order valence-electron chi connectivity index (χ4n) is 2.47. The number of rotatable bonds is 5. The Morgan fingerprint density at radius 2 is 1.94 bits per heavy atom. The van der Waals surface area contributed by atoms with Crippen molar-refractivity contribution in [2.75, 3.05) is 20.7 Å². The van der Waals surface area contributed by atoms with E-state index in [1.165, 1.54) is 11.1 Å². The van der Waals surface area contributed by atoms with Crippen LogP contribution in [0.15, 0.2) is 18.2 Å². The van der Waals surface area contributed by atoms with E-state index in [4.69, 9.17) is 4.74 Å². The van der Waals surface area contributed by atoms with E-state index in [9.17, 15) is 0 Å². The highest BCUT2D eigenvalue weighted by Gasteiger charge is 2.28. The summed E-state index contributed by atoms with van der Waals surface area (Å²) in [6.45, 7) is 10.1. The Labute approximate surface area is 112 Å². The molecular formula is C16H27NO. The summed E-state index contributed by atoms with van der Waals surface area (Å²) in [4.78, 5) is 0. The van der Waals surface area contributed by atoms with Crippen molar-refractivity contribution < 1.29 is 4.74 Å². The lowest BCUT2D eigenvalue weighted by molar-refractivity contribution is 0.293. The molecule has 0 aliphatic carbocycles. The highest BCUT2D eigenvalue weighted by atomic mass is 16.5. The van der Waals surface area contributed by atoms with Crippen LogP contribution in [0.25, 0.3) is 0 Å². The molecule has 1 rings (SSSR count). The zero-order valence-electron chi connectivity index (χ0n) is 12.6. The van der Waals surface area contributed by atoms with Gasteiger partial charge < -0.3 is 10.1 Å². The molecule has 0 heterocycles. The summed E-state index contributed by atoms with van der Waals surface area (Å²) in [5.41, 5.74) is 2.86. The molecule has 102 valence electrons. The molecule has 0 amide bonds. The summed E-state index contributed by atoms with van der Waals surface area (Å²) >= 11 is 0. The van der Waals surface area contributed by atoms with Gasteiger partial charge in [0.15, 0.2) is 0 Å². The van der Waals surface area contributed by atoms with Crippen molar-refractivity contribution in [3.63, 3.8) is 0 Å². The number of nitrogens with one attached hydrogen (secondary N) is 1. The number of benzene rings is 1. The average molecular weight is 249 g/mol. The lowest BCUT2D eigenvalue weighted by Gasteiger charge is -2.32. The molecule has 0 aliphatic rings. The van der Waals surface area contributed by atoms with Gasteiger partial charge in [-0.05, 0) is 49.9 Å². The molecule has 0 saturated carbocycles.